The number of hydrogen-bond donors (Lipinski definition) is 0. The molecule has 1 aromatic carbocycles. The summed E-state index contributed by atoms with van der Waals surface area (Å²) < 4.78 is 5.31. The Hall–Kier alpha value is -1.28. The summed E-state index contributed by atoms with van der Waals surface area (Å²) in [6.07, 6.45) is 0.509. The maximum absolute atomic E-state index is 12.4. The first-order valence-electron chi connectivity index (χ1n) is 9.36. The Morgan fingerprint density at radius 3 is 2.15 bits per heavy atom. The third-order valence-corrected chi connectivity index (χ3v) is 6.11. The molecule has 0 N–H and O–H groups in total. The minimum Gasteiger partial charge on any atom is -0.379 e. The molecule has 2 aliphatic rings. The van der Waals surface area contributed by atoms with Gasteiger partial charge in [-0.15, -0.1) is 11.8 Å². The van der Waals surface area contributed by atoms with E-state index in [1.54, 1.807) is 11.8 Å². The molecule has 6 nitrogen and oxygen atoms in total. The topological polar surface area (TPSA) is 53.1 Å². The number of ether oxygens (including phenoxy) is 1. The number of carbonyl (C=O) groups is 2. The molecule has 2 fully saturated rings. The lowest BCUT2D eigenvalue weighted by atomic mass is 10.2. The number of halogens is 1. The molecular formula is C19H26ClN3O3S. The Morgan fingerprint density at radius 1 is 0.926 bits per heavy atom. The molecule has 8 heteroatoms. The quantitative estimate of drug-likeness (QED) is 0.668. The Labute approximate surface area is 169 Å². The second-order valence-electron chi connectivity index (χ2n) is 6.70. The molecule has 2 aliphatic heterocycles. The van der Waals surface area contributed by atoms with Gasteiger partial charge in [-0.05, 0) is 24.3 Å². The van der Waals surface area contributed by atoms with Gasteiger partial charge in [-0.2, -0.15) is 0 Å². The zero-order valence-electron chi connectivity index (χ0n) is 15.4. The molecule has 0 radical (unpaired) electrons. The van der Waals surface area contributed by atoms with Crippen LogP contribution >= 0.6 is 23.4 Å². The van der Waals surface area contributed by atoms with E-state index in [-0.39, 0.29) is 11.8 Å². The predicted molar refractivity (Wildman–Crippen MR) is 107 cm³/mol. The van der Waals surface area contributed by atoms with Crippen molar-refractivity contribution in [2.75, 3.05) is 64.8 Å². The summed E-state index contributed by atoms with van der Waals surface area (Å²) in [5.41, 5.74) is 0. The van der Waals surface area contributed by atoms with Crippen LogP contribution in [0.25, 0.3) is 0 Å². The molecule has 2 saturated heterocycles. The summed E-state index contributed by atoms with van der Waals surface area (Å²) in [7, 11) is 0. The molecule has 2 amide bonds. The van der Waals surface area contributed by atoms with E-state index in [1.807, 2.05) is 34.1 Å². The molecule has 148 valence electrons. The van der Waals surface area contributed by atoms with E-state index in [0.717, 1.165) is 28.8 Å². The summed E-state index contributed by atoms with van der Waals surface area (Å²) in [5.74, 6) is 1.07. The van der Waals surface area contributed by atoms with Crippen molar-refractivity contribution in [3.05, 3.63) is 29.3 Å². The number of morpholine rings is 1. The highest BCUT2D eigenvalue weighted by molar-refractivity contribution is 7.99. The van der Waals surface area contributed by atoms with Crippen LogP contribution in [0.2, 0.25) is 5.02 Å². The third kappa shape index (κ3) is 6.38. The standard InChI is InChI=1S/C19H26ClN3O3S/c20-16-1-3-17(4-2-16)27-14-5-18(24)22-6-8-23(9-7-22)19(25)15-21-10-12-26-13-11-21/h1-4H,5-15H2. The summed E-state index contributed by atoms with van der Waals surface area (Å²) in [6.45, 7) is 5.98. The largest absolute Gasteiger partial charge is 0.379 e. The monoisotopic (exact) mass is 411 g/mol. The van der Waals surface area contributed by atoms with Gasteiger partial charge in [-0.25, -0.2) is 0 Å². The first-order chi connectivity index (χ1) is 13.1. The van der Waals surface area contributed by atoms with Crippen LogP contribution in [0.5, 0.6) is 0 Å². The molecule has 0 unspecified atom stereocenters. The fourth-order valence-corrected chi connectivity index (χ4v) is 4.17. The fraction of sp³-hybridized carbons (Fsp3) is 0.579. The van der Waals surface area contributed by atoms with Crippen LogP contribution in [0.1, 0.15) is 6.42 Å². The van der Waals surface area contributed by atoms with Gasteiger partial charge in [-0.1, -0.05) is 11.6 Å². The van der Waals surface area contributed by atoms with E-state index in [0.29, 0.717) is 52.4 Å². The number of benzene rings is 1. The van der Waals surface area contributed by atoms with Gasteiger partial charge in [0.25, 0.3) is 0 Å². The minimum absolute atomic E-state index is 0.155. The van der Waals surface area contributed by atoms with Crippen LogP contribution in [0.4, 0.5) is 0 Å². The minimum atomic E-state index is 0.155. The van der Waals surface area contributed by atoms with Crippen LogP contribution in [-0.4, -0.2) is 91.3 Å². The van der Waals surface area contributed by atoms with E-state index in [1.165, 1.54) is 0 Å². The van der Waals surface area contributed by atoms with Crippen molar-refractivity contribution in [1.29, 1.82) is 0 Å². The van der Waals surface area contributed by atoms with E-state index in [4.69, 9.17) is 16.3 Å². The summed E-state index contributed by atoms with van der Waals surface area (Å²) >= 11 is 7.54. The van der Waals surface area contributed by atoms with Crippen LogP contribution in [0.15, 0.2) is 29.2 Å². The number of nitrogens with zero attached hydrogens (tertiary/aromatic N) is 3. The summed E-state index contributed by atoms with van der Waals surface area (Å²) in [6, 6.07) is 7.66. The normalized spacial score (nSPS) is 18.6. The first kappa shape index (κ1) is 20.5. The van der Waals surface area contributed by atoms with Crippen LogP contribution < -0.4 is 0 Å². The van der Waals surface area contributed by atoms with Crippen molar-refractivity contribution in [1.82, 2.24) is 14.7 Å². The number of amides is 2. The molecular weight excluding hydrogens is 386 g/mol. The zero-order chi connectivity index (χ0) is 19.1. The molecule has 27 heavy (non-hydrogen) atoms. The van der Waals surface area contributed by atoms with Gasteiger partial charge in [0, 0.05) is 61.4 Å². The average molecular weight is 412 g/mol. The SMILES string of the molecule is O=C(CCSc1ccc(Cl)cc1)N1CCN(C(=O)CN2CCOCC2)CC1. The molecule has 0 spiro atoms. The van der Waals surface area contributed by atoms with Crippen molar-refractivity contribution >= 4 is 35.2 Å². The van der Waals surface area contributed by atoms with Gasteiger partial charge in [0.15, 0.2) is 0 Å². The lowest BCUT2D eigenvalue weighted by Crippen LogP contribution is -2.53. The first-order valence-corrected chi connectivity index (χ1v) is 10.7. The molecule has 3 rings (SSSR count). The highest BCUT2D eigenvalue weighted by Crippen LogP contribution is 2.21. The van der Waals surface area contributed by atoms with Gasteiger partial charge in [-0.3, -0.25) is 14.5 Å². The zero-order valence-corrected chi connectivity index (χ0v) is 17.0. The highest BCUT2D eigenvalue weighted by Gasteiger charge is 2.25. The summed E-state index contributed by atoms with van der Waals surface area (Å²) in [5, 5.41) is 0.719. The average Bonchev–Trinajstić information content (AvgIpc) is 2.70. The van der Waals surface area contributed by atoms with Crippen LogP contribution in [0, 0.1) is 0 Å². The molecule has 1 aromatic rings. The Bertz CT molecular complexity index is 630. The number of thioether (sulfide) groups is 1. The third-order valence-electron chi connectivity index (χ3n) is 4.85. The highest BCUT2D eigenvalue weighted by atomic mass is 35.5. The van der Waals surface area contributed by atoms with Crippen molar-refractivity contribution in [2.45, 2.75) is 11.3 Å². The van der Waals surface area contributed by atoms with E-state index >= 15 is 0 Å². The Balaban J connectivity index is 1.34. The summed E-state index contributed by atoms with van der Waals surface area (Å²) in [4.78, 5) is 31.8. The number of rotatable bonds is 6. The van der Waals surface area contributed by atoms with Gasteiger partial charge in [0.1, 0.15) is 0 Å². The molecule has 0 saturated carbocycles. The molecule has 0 aliphatic carbocycles. The van der Waals surface area contributed by atoms with Crippen molar-refractivity contribution in [3.8, 4) is 0 Å². The van der Waals surface area contributed by atoms with Crippen molar-refractivity contribution in [3.63, 3.8) is 0 Å². The van der Waals surface area contributed by atoms with Crippen molar-refractivity contribution in [2.24, 2.45) is 0 Å². The van der Waals surface area contributed by atoms with E-state index in [9.17, 15) is 9.59 Å². The molecule has 2 heterocycles. The maximum Gasteiger partial charge on any atom is 0.236 e. The van der Waals surface area contributed by atoms with Crippen LogP contribution in [0.3, 0.4) is 0 Å². The lowest BCUT2D eigenvalue weighted by molar-refractivity contribution is -0.140. The number of hydrogen-bond acceptors (Lipinski definition) is 5. The van der Waals surface area contributed by atoms with Crippen LogP contribution in [-0.2, 0) is 14.3 Å². The lowest BCUT2D eigenvalue weighted by Gasteiger charge is -2.36. The second-order valence-corrected chi connectivity index (χ2v) is 8.31. The van der Waals surface area contributed by atoms with Gasteiger partial charge < -0.3 is 14.5 Å². The number of piperazine rings is 1. The maximum atomic E-state index is 12.4. The van der Waals surface area contributed by atoms with Gasteiger partial charge in [0.05, 0.1) is 19.8 Å². The Morgan fingerprint density at radius 2 is 1.52 bits per heavy atom. The predicted octanol–water partition coefficient (Wildman–Crippen LogP) is 1.83. The van der Waals surface area contributed by atoms with E-state index in [2.05, 4.69) is 4.90 Å². The van der Waals surface area contributed by atoms with Gasteiger partial charge in [0.2, 0.25) is 11.8 Å². The second kappa shape index (κ2) is 10.3. The van der Waals surface area contributed by atoms with Crippen molar-refractivity contribution < 1.29 is 14.3 Å². The number of carbonyl (C=O) groups excluding carboxylic acids is 2. The molecule has 0 aromatic heterocycles. The van der Waals surface area contributed by atoms with Gasteiger partial charge >= 0.3 is 0 Å². The van der Waals surface area contributed by atoms with E-state index < -0.39 is 0 Å². The smallest absolute Gasteiger partial charge is 0.236 e. The Kier molecular flexibility index (Phi) is 7.81. The molecule has 0 atom stereocenters. The molecule has 0 bridgehead atoms. The fourth-order valence-electron chi connectivity index (χ4n) is 3.20.